The molecular formula is C15H19N3O. The monoisotopic (exact) mass is 257 g/mol. The molecule has 19 heavy (non-hydrogen) atoms. The summed E-state index contributed by atoms with van der Waals surface area (Å²) in [5, 5.41) is 3.42. The molecule has 0 bridgehead atoms. The van der Waals surface area contributed by atoms with Crippen LogP contribution in [0.15, 0.2) is 36.9 Å². The van der Waals surface area contributed by atoms with Crippen LogP contribution in [0.2, 0.25) is 0 Å². The SMILES string of the molecule is c1cn(CCCOc2ccc3c(c2)NCCC3)cn1. The van der Waals surface area contributed by atoms with Crippen molar-refractivity contribution in [2.24, 2.45) is 0 Å². The second-order valence-electron chi connectivity index (χ2n) is 4.85. The number of nitrogens with one attached hydrogen (secondary N) is 1. The molecule has 2 aromatic rings. The summed E-state index contributed by atoms with van der Waals surface area (Å²) in [7, 11) is 0. The van der Waals surface area contributed by atoms with Crippen molar-refractivity contribution in [2.45, 2.75) is 25.8 Å². The van der Waals surface area contributed by atoms with E-state index in [1.165, 1.54) is 24.1 Å². The van der Waals surface area contributed by atoms with Gasteiger partial charge in [-0.05, 0) is 30.9 Å². The van der Waals surface area contributed by atoms with E-state index in [0.717, 1.165) is 31.9 Å². The van der Waals surface area contributed by atoms with Crippen LogP contribution in [0.4, 0.5) is 5.69 Å². The smallest absolute Gasteiger partial charge is 0.121 e. The van der Waals surface area contributed by atoms with Crippen LogP contribution in [0.3, 0.4) is 0 Å². The first-order chi connectivity index (χ1) is 9.42. The van der Waals surface area contributed by atoms with Crippen molar-refractivity contribution >= 4 is 5.69 Å². The number of imidazole rings is 1. The summed E-state index contributed by atoms with van der Waals surface area (Å²) >= 11 is 0. The van der Waals surface area contributed by atoms with Crippen molar-refractivity contribution < 1.29 is 4.74 Å². The summed E-state index contributed by atoms with van der Waals surface area (Å²) in [6.45, 7) is 2.75. The molecule has 0 spiro atoms. The second kappa shape index (κ2) is 5.78. The number of hydrogen-bond donors (Lipinski definition) is 1. The van der Waals surface area contributed by atoms with Gasteiger partial charge in [0.05, 0.1) is 12.9 Å². The van der Waals surface area contributed by atoms with E-state index in [-0.39, 0.29) is 0 Å². The molecule has 1 N–H and O–H groups in total. The third-order valence-corrected chi connectivity index (χ3v) is 3.41. The Bertz CT molecular complexity index is 522. The number of ether oxygens (including phenoxy) is 1. The van der Waals surface area contributed by atoms with Gasteiger partial charge in [0.25, 0.3) is 0 Å². The topological polar surface area (TPSA) is 39.1 Å². The Morgan fingerprint density at radius 1 is 1.37 bits per heavy atom. The van der Waals surface area contributed by atoms with Crippen molar-refractivity contribution in [1.29, 1.82) is 0 Å². The van der Waals surface area contributed by atoms with Gasteiger partial charge in [0, 0.05) is 37.2 Å². The zero-order chi connectivity index (χ0) is 12.9. The zero-order valence-electron chi connectivity index (χ0n) is 11.0. The quantitative estimate of drug-likeness (QED) is 0.837. The molecule has 0 saturated heterocycles. The number of rotatable bonds is 5. The molecule has 0 saturated carbocycles. The lowest BCUT2D eigenvalue weighted by atomic mass is 10.0. The highest BCUT2D eigenvalue weighted by Gasteiger charge is 2.08. The van der Waals surface area contributed by atoms with E-state index in [1.807, 2.05) is 12.5 Å². The molecule has 0 aliphatic carbocycles. The van der Waals surface area contributed by atoms with Crippen molar-refractivity contribution in [2.75, 3.05) is 18.5 Å². The molecule has 1 aromatic carbocycles. The van der Waals surface area contributed by atoms with Gasteiger partial charge in [0.1, 0.15) is 5.75 Å². The number of aryl methyl sites for hydroxylation is 2. The Hall–Kier alpha value is -1.97. The van der Waals surface area contributed by atoms with E-state index in [4.69, 9.17) is 4.74 Å². The van der Waals surface area contributed by atoms with Crippen LogP contribution in [0, 0.1) is 0 Å². The first kappa shape index (κ1) is 12.1. The molecule has 0 unspecified atom stereocenters. The van der Waals surface area contributed by atoms with Crippen molar-refractivity contribution in [3.63, 3.8) is 0 Å². The molecule has 0 radical (unpaired) electrons. The molecule has 0 amide bonds. The molecular weight excluding hydrogens is 238 g/mol. The fraction of sp³-hybridized carbons (Fsp3) is 0.400. The van der Waals surface area contributed by atoms with Crippen LogP contribution in [-0.2, 0) is 13.0 Å². The Balaban J connectivity index is 1.50. The Kier molecular flexibility index (Phi) is 3.68. The van der Waals surface area contributed by atoms with Crippen LogP contribution in [0.5, 0.6) is 5.75 Å². The number of fused-ring (bicyclic) bond motifs is 1. The fourth-order valence-corrected chi connectivity index (χ4v) is 2.39. The summed E-state index contributed by atoms with van der Waals surface area (Å²) in [5.74, 6) is 0.957. The summed E-state index contributed by atoms with van der Waals surface area (Å²) in [4.78, 5) is 4.02. The van der Waals surface area contributed by atoms with Crippen LogP contribution in [-0.4, -0.2) is 22.7 Å². The van der Waals surface area contributed by atoms with Crippen molar-refractivity contribution in [1.82, 2.24) is 9.55 Å². The van der Waals surface area contributed by atoms with Gasteiger partial charge in [-0.25, -0.2) is 4.98 Å². The highest BCUT2D eigenvalue weighted by molar-refractivity contribution is 5.56. The van der Waals surface area contributed by atoms with E-state index in [0.29, 0.717) is 0 Å². The minimum Gasteiger partial charge on any atom is -0.493 e. The molecule has 3 rings (SSSR count). The molecule has 4 heteroatoms. The molecule has 100 valence electrons. The van der Waals surface area contributed by atoms with Crippen LogP contribution < -0.4 is 10.1 Å². The first-order valence-electron chi connectivity index (χ1n) is 6.87. The van der Waals surface area contributed by atoms with Crippen LogP contribution in [0.25, 0.3) is 0 Å². The van der Waals surface area contributed by atoms with Gasteiger partial charge in [0.15, 0.2) is 0 Å². The normalized spacial score (nSPS) is 13.7. The zero-order valence-corrected chi connectivity index (χ0v) is 11.0. The van der Waals surface area contributed by atoms with Gasteiger partial charge in [-0.3, -0.25) is 0 Å². The minimum absolute atomic E-state index is 0.733. The predicted octanol–water partition coefficient (Wildman–Crippen LogP) is 2.71. The largest absolute Gasteiger partial charge is 0.493 e. The average molecular weight is 257 g/mol. The van der Waals surface area contributed by atoms with Gasteiger partial charge in [-0.1, -0.05) is 6.07 Å². The number of hydrogen-bond acceptors (Lipinski definition) is 3. The first-order valence-corrected chi connectivity index (χ1v) is 6.87. The third kappa shape index (κ3) is 3.08. The summed E-state index contributed by atoms with van der Waals surface area (Å²) in [6, 6.07) is 6.36. The molecule has 1 aliphatic rings. The Labute approximate surface area is 113 Å². The van der Waals surface area contributed by atoms with E-state index < -0.39 is 0 Å². The number of nitrogens with zero attached hydrogens (tertiary/aromatic N) is 2. The van der Waals surface area contributed by atoms with Gasteiger partial charge < -0.3 is 14.6 Å². The second-order valence-corrected chi connectivity index (χ2v) is 4.85. The van der Waals surface area contributed by atoms with Crippen molar-refractivity contribution in [3.8, 4) is 5.75 Å². The molecule has 1 aromatic heterocycles. The van der Waals surface area contributed by atoms with Gasteiger partial charge >= 0.3 is 0 Å². The summed E-state index contributed by atoms with van der Waals surface area (Å²) < 4.78 is 7.86. The summed E-state index contributed by atoms with van der Waals surface area (Å²) in [6.07, 6.45) is 8.99. The van der Waals surface area contributed by atoms with E-state index in [1.54, 1.807) is 6.20 Å². The van der Waals surface area contributed by atoms with Crippen molar-refractivity contribution in [3.05, 3.63) is 42.5 Å². The molecule has 0 atom stereocenters. The van der Waals surface area contributed by atoms with E-state index >= 15 is 0 Å². The highest BCUT2D eigenvalue weighted by atomic mass is 16.5. The van der Waals surface area contributed by atoms with E-state index in [2.05, 4.69) is 33.1 Å². The minimum atomic E-state index is 0.733. The number of anilines is 1. The summed E-state index contributed by atoms with van der Waals surface area (Å²) in [5.41, 5.74) is 2.63. The number of aromatic nitrogens is 2. The lowest BCUT2D eigenvalue weighted by Crippen LogP contribution is -2.11. The maximum atomic E-state index is 5.80. The number of benzene rings is 1. The third-order valence-electron chi connectivity index (χ3n) is 3.41. The molecule has 1 aliphatic heterocycles. The maximum absolute atomic E-state index is 5.80. The van der Waals surface area contributed by atoms with Gasteiger partial charge in [-0.2, -0.15) is 0 Å². The average Bonchev–Trinajstić information content (AvgIpc) is 2.97. The van der Waals surface area contributed by atoms with Gasteiger partial charge in [0.2, 0.25) is 0 Å². The lowest BCUT2D eigenvalue weighted by Gasteiger charge is -2.18. The Morgan fingerprint density at radius 3 is 3.26 bits per heavy atom. The molecule has 4 nitrogen and oxygen atoms in total. The van der Waals surface area contributed by atoms with Crippen LogP contribution in [0.1, 0.15) is 18.4 Å². The van der Waals surface area contributed by atoms with E-state index in [9.17, 15) is 0 Å². The Morgan fingerprint density at radius 2 is 2.37 bits per heavy atom. The fourth-order valence-electron chi connectivity index (χ4n) is 2.39. The maximum Gasteiger partial charge on any atom is 0.121 e. The molecule has 0 fully saturated rings. The highest BCUT2D eigenvalue weighted by Crippen LogP contribution is 2.26. The standard InChI is InChI=1S/C15H19N3O/c1-3-13-4-5-14(11-15(13)17-6-1)19-10-2-8-18-9-7-16-12-18/h4-5,7,9,11-12,17H,1-3,6,8,10H2. The van der Waals surface area contributed by atoms with Crippen LogP contribution >= 0.6 is 0 Å². The van der Waals surface area contributed by atoms with Gasteiger partial charge in [-0.15, -0.1) is 0 Å². The molecule has 2 heterocycles. The lowest BCUT2D eigenvalue weighted by molar-refractivity contribution is 0.302. The predicted molar refractivity (Wildman–Crippen MR) is 75.6 cm³/mol.